The van der Waals surface area contributed by atoms with Crippen LogP contribution in [0.15, 0.2) is 42.5 Å². The smallest absolute Gasteiger partial charge is 0.193 e. The molecule has 1 heterocycles. The van der Waals surface area contributed by atoms with Gasteiger partial charge in [0.2, 0.25) is 0 Å². The van der Waals surface area contributed by atoms with Crippen molar-refractivity contribution in [2.24, 2.45) is 0 Å². The Hall–Kier alpha value is -2.29. The Balaban J connectivity index is 1.78. The third-order valence-electron chi connectivity index (χ3n) is 3.54. The highest BCUT2D eigenvalue weighted by atomic mass is 16.5. The van der Waals surface area contributed by atoms with E-state index in [9.17, 15) is 4.79 Å². The van der Waals surface area contributed by atoms with Crippen LogP contribution in [0.1, 0.15) is 34.8 Å². The lowest BCUT2D eigenvalue weighted by Crippen LogP contribution is -2.02. The first-order valence-corrected chi connectivity index (χ1v) is 7.31. The Labute approximate surface area is 124 Å². The molecule has 0 atom stereocenters. The van der Waals surface area contributed by atoms with Gasteiger partial charge < -0.3 is 9.47 Å². The van der Waals surface area contributed by atoms with Crippen molar-refractivity contribution in [3.05, 3.63) is 59.2 Å². The second-order valence-corrected chi connectivity index (χ2v) is 5.12. The number of ether oxygens (including phenoxy) is 2. The molecule has 0 unspecified atom stereocenters. The molecule has 0 spiro atoms. The summed E-state index contributed by atoms with van der Waals surface area (Å²) >= 11 is 0. The van der Waals surface area contributed by atoms with Gasteiger partial charge in [0.25, 0.3) is 0 Å². The van der Waals surface area contributed by atoms with Crippen LogP contribution >= 0.6 is 0 Å². The maximum atomic E-state index is 12.5. The molecule has 0 radical (unpaired) electrons. The maximum absolute atomic E-state index is 12.5. The van der Waals surface area contributed by atoms with Gasteiger partial charge in [-0.15, -0.1) is 0 Å². The summed E-state index contributed by atoms with van der Waals surface area (Å²) < 4.78 is 11.0. The van der Waals surface area contributed by atoms with Gasteiger partial charge in [-0.25, -0.2) is 0 Å². The summed E-state index contributed by atoms with van der Waals surface area (Å²) in [6.07, 6.45) is 1.85. The lowest BCUT2D eigenvalue weighted by molar-refractivity contribution is 0.103. The van der Waals surface area contributed by atoms with E-state index in [1.165, 1.54) is 0 Å². The molecule has 3 heteroatoms. The first kappa shape index (κ1) is 13.7. The number of hydrogen-bond acceptors (Lipinski definition) is 3. The fourth-order valence-electron chi connectivity index (χ4n) is 2.42. The molecule has 0 aromatic heterocycles. The average Bonchev–Trinajstić information content (AvgIpc) is 3.00. The van der Waals surface area contributed by atoms with Crippen LogP contribution in [0, 0.1) is 0 Å². The topological polar surface area (TPSA) is 35.5 Å². The second-order valence-electron chi connectivity index (χ2n) is 5.12. The molecule has 2 aromatic rings. The van der Waals surface area contributed by atoms with E-state index in [-0.39, 0.29) is 5.78 Å². The van der Waals surface area contributed by atoms with Crippen LogP contribution in [0.4, 0.5) is 0 Å². The molecular weight excluding hydrogens is 264 g/mol. The highest BCUT2D eigenvalue weighted by Crippen LogP contribution is 2.27. The first-order valence-electron chi connectivity index (χ1n) is 7.31. The highest BCUT2D eigenvalue weighted by molar-refractivity contribution is 6.09. The average molecular weight is 282 g/mol. The Morgan fingerprint density at radius 2 is 1.90 bits per heavy atom. The maximum Gasteiger partial charge on any atom is 0.193 e. The third-order valence-corrected chi connectivity index (χ3v) is 3.54. The third kappa shape index (κ3) is 2.92. The summed E-state index contributed by atoms with van der Waals surface area (Å²) in [7, 11) is 0. The Kier molecular flexibility index (Phi) is 3.91. The SMILES string of the molecule is CCCOc1ccc(C(=O)c2ccc3c(c2)CCO3)cc1. The number of ketones is 1. The second kappa shape index (κ2) is 6.00. The fourth-order valence-corrected chi connectivity index (χ4v) is 2.42. The number of hydrogen-bond donors (Lipinski definition) is 0. The van der Waals surface area contributed by atoms with Crippen LogP contribution in [0.25, 0.3) is 0 Å². The van der Waals surface area contributed by atoms with Crippen molar-refractivity contribution in [3.8, 4) is 11.5 Å². The molecule has 21 heavy (non-hydrogen) atoms. The Bertz CT molecular complexity index is 644. The van der Waals surface area contributed by atoms with Gasteiger partial charge in [-0.2, -0.15) is 0 Å². The van der Waals surface area contributed by atoms with Crippen LogP contribution in [0.2, 0.25) is 0 Å². The van der Waals surface area contributed by atoms with Crippen molar-refractivity contribution in [3.63, 3.8) is 0 Å². The highest BCUT2D eigenvalue weighted by Gasteiger charge is 2.16. The van der Waals surface area contributed by atoms with Crippen molar-refractivity contribution < 1.29 is 14.3 Å². The summed E-state index contributed by atoms with van der Waals surface area (Å²) in [5.74, 6) is 1.73. The first-order chi connectivity index (χ1) is 10.3. The fraction of sp³-hybridized carbons (Fsp3) is 0.278. The number of rotatable bonds is 5. The molecule has 0 saturated heterocycles. The standard InChI is InChI=1S/C18H18O3/c1-2-10-20-16-6-3-13(4-7-16)18(19)15-5-8-17-14(12-15)9-11-21-17/h3-8,12H,2,9-11H2,1H3. The van der Waals surface area contributed by atoms with Crippen molar-refractivity contribution in [2.45, 2.75) is 19.8 Å². The van der Waals surface area contributed by atoms with Crippen LogP contribution in [0.5, 0.6) is 11.5 Å². The lowest BCUT2D eigenvalue weighted by Gasteiger charge is -2.06. The van der Waals surface area contributed by atoms with E-state index >= 15 is 0 Å². The van der Waals surface area contributed by atoms with Crippen molar-refractivity contribution in [2.75, 3.05) is 13.2 Å². The van der Waals surface area contributed by atoms with Crippen LogP contribution in [-0.2, 0) is 6.42 Å². The molecule has 0 N–H and O–H groups in total. The van der Waals surface area contributed by atoms with E-state index < -0.39 is 0 Å². The predicted octanol–water partition coefficient (Wildman–Crippen LogP) is 3.64. The molecule has 0 saturated carbocycles. The molecule has 108 valence electrons. The zero-order chi connectivity index (χ0) is 14.7. The summed E-state index contributed by atoms with van der Waals surface area (Å²) in [4.78, 5) is 12.5. The van der Waals surface area contributed by atoms with Gasteiger partial charge in [-0.1, -0.05) is 6.92 Å². The van der Waals surface area contributed by atoms with Gasteiger partial charge in [0.05, 0.1) is 13.2 Å². The minimum absolute atomic E-state index is 0.0340. The molecule has 1 aliphatic heterocycles. The number of fused-ring (bicyclic) bond motifs is 1. The molecule has 2 aromatic carbocycles. The Morgan fingerprint density at radius 3 is 2.67 bits per heavy atom. The largest absolute Gasteiger partial charge is 0.494 e. The Morgan fingerprint density at radius 1 is 1.14 bits per heavy atom. The quantitative estimate of drug-likeness (QED) is 0.785. The normalized spacial score (nSPS) is 12.6. The van der Waals surface area contributed by atoms with Gasteiger partial charge in [-0.3, -0.25) is 4.79 Å². The minimum atomic E-state index is 0.0340. The van der Waals surface area contributed by atoms with Crippen molar-refractivity contribution in [1.29, 1.82) is 0 Å². The summed E-state index contributed by atoms with van der Waals surface area (Å²) in [6, 6.07) is 13.0. The molecule has 3 nitrogen and oxygen atoms in total. The molecule has 0 amide bonds. The van der Waals surface area contributed by atoms with Gasteiger partial charge in [0.15, 0.2) is 5.78 Å². The predicted molar refractivity (Wildman–Crippen MR) is 81.3 cm³/mol. The molecule has 0 aliphatic carbocycles. The molecule has 3 rings (SSSR count). The zero-order valence-corrected chi connectivity index (χ0v) is 12.1. The van der Waals surface area contributed by atoms with Gasteiger partial charge in [0, 0.05) is 17.5 Å². The van der Waals surface area contributed by atoms with Crippen LogP contribution < -0.4 is 9.47 Å². The van der Waals surface area contributed by atoms with Gasteiger partial charge in [-0.05, 0) is 54.4 Å². The van der Waals surface area contributed by atoms with Gasteiger partial charge in [0.1, 0.15) is 11.5 Å². The van der Waals surface area contributed by atoms with Crippen molar-refractivity contribution in [1.82, 2.24) is 0 Å². The lowest BCUT2D eigenvalue weighted by atomic mass is 10.0. The summed E-state index contributed by atoms with van der Waals surface area (Å²) in [6.45, 7) is 3.46. The van der Waals surface area contributed by atoms with E-state index in [1.807, 2.05) is 42.5 Å². The zero-order valence-electron chi connectivity index (χ0n) is 12.1. The van der Waals surface area contributed by atoms with E-state index in [1.54, 1.807) is 0 Å². The minimum Gasteiger partial charge on any atom is -0.494 e. The van der Waals surface area contributed by atoms with E-state index in [0.29, 0.717) is 24.3 Å². The number of carbonyl (C=O) groups is 1. The number of carbonyl (C=O) groups excluding carboxylic acids is 1. The molecule has 0 bridgehead atoms. The van der Waals surface area contributed by atoms with Crippen molar-refractivity contribution >= 4 is 5.78 Å². The van der Waals surface area contributed by atoms with Crippen LogP contribution in [0.3, 0.4) is 0 Å². The monoisotopic (exact) mass is 282 g/mol. The van der Waals surface area contributed by atoms with Crippen LogP contribution in [-0.4, -0.2) is 19.0 Å². The van der Waals surface area contributed by atoms with E-state index in [4.69, 9.17) is 9.47 Å². The molecule has 1 aliphatic rings. The van der Waals surface area contributed by atoms with E-state index in [0.717, 1.165) is 29.9 Å². The van der Waals surface area contributed by atoms with Gasteiger partial charge >= 0.3 is 0 Å². The summed E-state index contributed by atoms with van der Waals surface area (Å²) in [5, 5.41) is 0. The molecular formula is C18H18O3. The molecule has 0 fully saturated rings. The number of benzene rings is 2. The summed E-state index contributed by atoms with van der Waals surface area (Å²) in [5.41, 5.74) is 2.50. The van der Waals surface area contributed by atoms with E-state index in [2.05, 4.69) is 6.92 Å².